The van der Waals surface area contributed by atoms with Crippen molar-refractivity contribution in [3.63, 3.8) is 0 Å². The van der Waals surface area contributed by atoms with Crippen molar-refractivity contribution in [2.45, 2.75) is 25.9 Å². The molecule has 2 heterocycles. The van der Waals surface area contributed by atoms with Crippen LogP contribution < -0.4 is 4.74 Å². The number of hydrogen-bond donors (Lipinski definition) is 0. The van der Waals surface area contributed by atoms with Gasteiger partial charge in [0.2, 0.25) is 0 Å². The highest BCUT2D eigenvalue weighted by molar-refractivity contribution is 5.98. The fourth-order valence-corrected chi connectivity index (χ4v) is 4.41. The zero-order valence-electron chi connectivity index (χ0n) is 20.6. The largest absolute Gasteiger partial charge is 0.481 e. The van der Waals surface area contributed by atoms with E-state index in [1.54, 1.807) is 11.6 Å². The van der Waals surface area contributed by atoms with Gasteiger partial charge in [0.05, 0.1) is 22.3 Å². The minimum absolute atomic E-state index is 0.148. The van der Waals surface area contributed by atoms with E-state index < -0.39 is 11.7 Å². The summed E-state index contributed by atoms with van der Waals surface area (Å²) in [6.45, 7) is 4.41. The summed E-state index contributed by atoms with van der Waals surface area (Å²) in [6.07, 6.45) is 0.910. The second-order valence-electron chi connectivity index (χ2n) is 9.20. The average Bonchev–Trinajstić information content (AvgIpc) is 3.22. The van der Waals surface area contributed by atoms with Crippen molar-refractivity contribution < 1.29 is 17.9 Å². The molecular formula is C30H24F3N3O. The Balaban J connectivity index is 1.71. The Morgan fingerprint density at radius 1 is 0.973 bits per heavy atom. The molecule has 0 saturated carbocycles. The lowest BCUT2D eigenvalue weighted by Crippen LogP contribution is -2.04. The lowest BCUT2D eigenvalue weighted by atomic mass is 9.98. The number of halogens is 3. The number of nitrogens with zero attached hydrogens (tertiary/aromatic N) is 3. The van der Waals surface area contributed by atoms with Gasteiger partial charge in [0.25, 0.3) is 0 Å². The molecule has 7 heteroatoms. The van der Waals surface area contributed by atoms with Crippen LogP contribution >= 0.6 is 0 Å². The van der Waals surface area contributed by atoms with E-state index in [-0.39, 0.29) is 12.1 Å². The van der Waals surface area contributed by atoms with Crippen molar-refractivity contribution in [3.8, 4) is 40.9 Å². The van der Waals surface area contributed by atoms with Crippen molar-refractivity contribution in [3.05, 3.63) is 77.9 Å². The zero-order valence-corrected chi connectivity index (χ0v) is 20.6. The summed E-state index contributed by atoms with van der Waals surface area (Å²) in [5.41, 5.74) is 3.50. The van der Waals surface area contributed by atoms with Crippen LogP contribution in [0.1, 0.15) is 30.9 Å². The van der Waals surface area contributed by atoms with Crippen molar-refractivity contribution >= 4 is 21.8 Å². The van der Waals surface area contributed by atoms with Crippen LogP contribution in [0.4, 0.5) is 13.2 Å². The molecule has 3 aromatic carbocycles. The number of rotatable bonds is 5. The van der Waals surface area contributed by atoms with Crippen molar-refractivity contribution in [1.29, 1.82) is 0 Å². The number of benzene rings is 3. The van der Waals surface area contributed by atoms with E-state index in [2.05, 4.69) is 36.9 Å². The second kappa shape index (κ2) is 9.29. The minimum Gasteiger partial charge on any atom is -0.481 e. The summed E-state index contributed by atoms with van der Waals surface area (Å²) in [5, 5.41) is 1.76. The highest BCUT2D eigenvalue weighted by Gasteiger charge is 2.31. The van der Waals surface area contributed by atoms with E-state index in [4.69, 9.17) is 16.1 Å². The van der Waals surface area contributed by atoms with Crippen LogP contribution in [-0.4, -0.2) is 21.1 Å². The summed E-state index contributed by atoms with van der Waals surface area (Å²) >= 11 is 0. The monoisotopic (exact) mass is 499 g/mol. The van der Waals surface area contributed by atoms with E-state index in [1.165, 1.54) is 11.6 Å². The molecule has 0 aliphatic carbocycles. The fraction of sp³-hybridized carbons (Fsp3) is 0.200. The lowest BCUT2D eigenvalue weighted by Gasteiger charge is -2.13. The smallest absolute Gasteiger partial charge is 0.416 e. The van der Waals surface area contributed by atoms with Crippen LogP contribution in [0.25, 0.3) is 44.6 Å². The Morgan fingerprint density at radius 2 is 1.73 bits per heavy atom. The van der Waals surface area contributed by atoms with Gasteiger partial charge in [-0.25, -0.2) is 9.97 Å². The number of imidazole rings is 1. The number of hydrogen-bond acceptors (Lipinski definition) is 3. The molecule has 0 aliphatic heterocycles. The predicted octanol–water partition coefficient (Wildman–Crippen LogP) is 7.61. The van der Waals surface area contributed by atoms with Crippen LogP contribution in [0, 0.1) is 12.3 Å². The predicted molar refractivity (Wildman–Crippen MR) is 140 cm³/mol. The summed E-state index contributed by atoms with van der Waals surface area (Å²) in [5.74, 6) is 3.96. The Morgan fingerprint density at radius 3 is 2.41 bits per heavy atom. The molecule has 0 N–H and O–H groups in total. The Hall–Kier alpha value is -4.31. The molecule has 0 amide bonds. The van der Waals surface area contributed by atoms with Crippen LogP contribution in [-0.2, 0) is 13.2 Å². The molecule has 0 saturated heterocycles. The maximum Gasteiger partial charge on any atom is 0.416 e. The molecule has 37 heavy (non-hydrogen) atoms. The first-order valence-corrected chi connectivity index (χ1v) is 11.8. The number of aromatic nitrogens is 3. The summed E-state index contributed by atoms with van der Waals surface area (Å²) in [7, 11) is 1.78. The molecule has 186 valence electrons. The van der Waals surface area contributed by atoms with E-state index in [0.29, 0.717) is 28.7 Å². The van der Waals surface area contributed by atoms with Crippen LogP contribution in [0.15, 0.2) is 66.7 Å². The highest BCUT2D eigenvalue weighted by Crippen LogP contribution is 2.36. The number of fused-ring (bicyclic) bond motifs is 2. The van der Waals surface area contributed by atoms with Crippen molar-refractivity contribution in [1.82, 2.24) is 14.5 Å². The number of aryl methyl sites for hydroxylation is 1. The second-order valence-corrected chi connectivity index (χ2v) is 9.20. The van der Waals surface area contributed by atoms with Crippen LogP contribution in [0.3, 0.4) is 0 Å². The zero-order chi connectivity index (χ0) is 26.3. The number of ether oxygens (including phenoxy) is 1. The topological polar surface area (TPSA) is 39.9 Å². The van der Waals surface area contributed by atoms with E-state index >= 15 is 0 Å². The average molecular weight is 500 g/mol. The van der Waals surface area contributed by atoms with Gasteiger partial charge >= 0.3 is 6.18 Å². The molecule has 2 aromatic heterocycles. The molecule has 0 aliphatic rings. The summed E-state index contributed by atoms with van der Waals surface area (Å²) in [4.78, 5) is 9.51. The first kappa shape index (κ1) is 24.4. The fourth-order valence-electron chi connectivity index (χ4n) is 4.41. The van der Waals surface area contributed by atoms with E-state index in [9.17, 15) is 13.2 Å². The maximum absolute atomic E-state index is 13.3. The lowest BCUT2D eigenvalue weighted by molar-refractivity contribution is -0.137. The molecular weight excluding hydrogens is 475 g/mol. The van der Waals surface area contributed by atoms with Gasteiger partial charge in [-0.15, -0.1) is 6.42 Å². The Labute approximate surface area is 212 Å². The highest BCUT2D eigenvalue weighted by atomic mass is 19.4. The van der Waals surface area contributed by atoms with Gasteiger partial charge in [0.1, 0.15) is 18.1 Å². The van der Waals surface area contributed by atoms with Crippen molar-refractivity contribution in [2.75, 3.05) is 6.61 Å². The molecule has 0 bridgehead atoms. The third-order valence-electron chi connectivity index (χ3n) is 6.41. The van der Waals surface area contributed by atoms with E-state index in [0.717, 1.165) is 34.2 Å². The Kier molecular flexibility index (Phi) is 6.12. The molecule has 0 spiro atoms. The summed E-state index contributed by atoms with van der Waals surface area (Å²) < 4.78 is 47.3. The number of terminal acetylenes is 1. The normalized spacial score (nSPS) is 11.8. The molecule has 5 aromatic rings. The SMILES string of the molecule is C#CCOc1ccc2cc(-c3nc4cc(C(F)(F)F)ccc4n3C)nc(-c3ccc(C(C)C)cc3)c2c1. The van der Waals surface area contributed by atoms with Crippen molar-refractivity contribution in [2.24, 2.45) is 7.05 Å². The Bertz CT molecular complexity index is 1660. The third-order valence-corrected chi connectivity index (χ3v) is 6.41. The van der Waals surface area contributed by atoms with Crippen LogP contribution in [0.5, 0.6) is 5.75 Å². The number of pyridine rings is 1. The van der Waals surface area contributed by atoms with Gasteiger partial charge in [0, 0.05) is 18.0 Å². The first-order chi connectivity index (χ1) is 17.7. The minimum atomic E-state index is -4.44. The number of alkyl halides is 3. The van der Waals surface area contributed by atoms with Gasteiger partial charge in [-0.3, -0.25) is 0 Å². The quantitative estimate of drug-likeness (QED) is 0.234. The standard InChI is InChI=1S/C30H24F3N3O/c1-5-14-37-23-12-10-21-15-26(29-35-25-16-22(30(31,32)33)11-13-27(25)36(29)4)34-28(24(21)17-23)20-8-6-19(7-9-20)18(2)3/h1,6-13,15-18H,14H2,2-4H3. The molecule has 0 unspecified atom stereocenters. The van der Waals surface area contributed by atoms with Gasteiger partial charge in [-0.1, -0.05) is 50.1 Å². The first-order valence-electron chi connectivity index (χ1n) is 11.8. The van der Waals surface area contributed by atoms with Gasteiger partial charge in [0.15, 0.2) is 5.82 Å². The van der Waals surface area contributed by atoms with Crippen LogP contribution in [0.2, 0.25) is 0 Å². The summed E-state index contributed by atoms with van der Waals surface area (Å²) in [6, 6.07) is 19.3. The maximum atomic E-state index is 13.3. The molecule has 5 rings (SSSR count). The van der Waals surface area contributed by atoms with Gasteiger partial charge in [-0.2, -0.15) is 13.2 Å². The van der Waals surface area contributed by atoms with Gasteiger partial charge in [-0.05, 0) is 53.3 Å². The molecule has 0 atom stereocenters. The third kappa shape index (κ3) is 4.63. The molecule has 4 nitrogen and oxygen atoms in total. The molecule has 0 radical (unpaired) electrons. The van der Waals surface area contributed by atoms with Gasteiger partial charge < -0.3 is 9.30 Å². The molecule has 0 fully saturated rings. The van der Waals surface area contributed by atoms with E-state index in [1.807, 2.05) is 36.4 Å².